The van der Waals surface area contributed by atoms with Gasteiger partial charge in [0, 0.05) is 0 Å². The monoisotopic (exact) mass is 207 g/mol. The molecule has 0 saturated carbocycles. The Labute approximate surface area is 76.8 Å². The summed E-state index contributed by atoms with van der Waals surface area (Å²) in [6.45, 7) is 0. The third kappa shape index (κ3) is 1.84. The smallest absolute Gasteiger partial charge is 0.376 e. The normalized spacial score (nSPS) is 14.1. The van der Waals surface area contributed by atoms with Crippen molar-refractivity contribution in [2.75, 3.05) is 0 Å². The third-order valence-electron chi connectivity index (χ3n) is 1.58. The number of hydrogen-bond donors (Lipinski definition) is 2. The van der Waals surface area contributed by atoms with E-state index in [1.807, 2.05) is 0 Å². The maximum atomic E-state index is 12.8. The average Bonchev–Trinajstić information content (AvgIpc) is 2.54. The summed E-state index contributed by atoms with van der Waals surface area (Å²) >= 11 is 1.19. The van der Waals surface area contributed by atoms with E-state index < -0.39 is 17.9 Å². The summed E-state index contributed by atoms with van der Waals surface area (Å²) in [7, 11) is 0. The van der Waals surface area contributed by atoms with Gasteiger partial charge in [-0.1, -0.05) is 0 Å². The molecule has 1 aromatic rings. The van der Waals surface area contributed by atoms with Crippen LogP contribution in [-0.4, -0.2) is 17.0 Å². The summed E-state index contributed by atoms with van der Waals surface area (Å²) in [5.74, 6) is -6.12. The number of hydrogen-bond acceptors (Lipinski definition) is 3. The van der Waals surface area contributed by atoms with Crippen LogP contribution in [0.2, 0.25) is 0 Å². The van der Waals surface area contributed by atoms with Crippen molar-refractivity contribution in [3.8, 4) is 0 Å². The van der Waals surface area contributed by atoms with E-state index >= 15 is 0 Å². The molecule has 0 bridgehead atoms. The zero-order valence-electron chi connectivity index (χ0n) is 6.41. The largest absolute Gasteiger partial charge is 0.477 e. The Morgan fingerprint density at radius 2 is 2.31 bits per heavy atom. The summed E-state index contributed by atoms with van der Waals surface area (Å²) < 4.78 is 25.6. The molecule has 6 heteroatoms. The van der Waals surface area contributed by atoms with Crippen molar-refractivity contribution in [3.05, 3.63) is 22.4 Å². The minimum atomic E-state index is -3.92. The van der Waals surface area contributed by atoms with E-state index in [2.05, 4.69) is 0 Å². The van der Waals surface area contributed by atoms with Gasteiger partial charge in [0.25, 0.3) is 0 Å². The lowest BCUT2D eigenvalue weighted by atomic mass is 10.1. The second kappa shape index (κ2) is 3.39. The van der Waals surface area contributed by atoms with Gasteiger partial charge in [0.15, 0.2) is 0 Å². The minimum Gasteiger partial charge on any atom is -0.477 e. The quantitative estimate of drug-likeness (QED) is 0.788. The molecule has 13 heavy (non-hydrogen) atoms. The van der Waals surface area contributed by atoms with Crippen molar-refractivity contribution in [2.24, 2.45) is 5.73 Å². The first-order valence-electron chi connectivity index (χ1n) is 3.35. The van der Waals surface area contributed by atoms with Crippen LogP contribution in [0.25, 0.3) is 0 Å². The molecule has 0 aliphatic rings. The van der Waals surface area contributed by atoms with Crippen LogP contribution in [0.4, 0.5) is 8.78 Å². The van der Waals surface area contributed by atoms with Crippen LogP contribution in [0.1, 0.15) is 11.6 Å². The first-order valence-corrected chi connectivity index (χ1v) is 4.29. The van der Waals surface area contributed by atoms with Crippen LogP contribution < -0.4 is 5.73 Å². The van der Waals surface area contributed by atoms with Gasteiger partial charge in [-0.05, 0) is 22.4 Å². The number of carbonyl (C=O) groups is 1. The van der Waals surface area contributed by atoms with E-state index in [1.165, 1.54) is 22.8 Å². The van der Waals surface area contributed by atoms with Crippen LogP contribution in [-0.2, 0) is 4.79 Å². The molecule has 72 valence electrons. The van der Waals surface area contributed by atoms with Gasteiger partial charge in [0.2, 0.25) is 0 Å². The standard InChI is InChI=1S/C7H7F2NO2S/c8-7(9,6(11)12)5(10)4-1-2-13-3-4/h1-3,5H,10H2,(H,11,12). The summed E-state index contributed by atoms with van der Waals surface area (Å²) in [4.78, 5) is 10.1. The fourth-order valence-electron chi connectivity index (χ4n) is 0.794. The van der Waals surface area contributed by atoms with Crippen molar-refractivity contribution in [2.45, 2.75) is 12.0 Å². The van der Waals surface area contributed by atoms with E-state index in [4.69, 9.17) is 10.8 Å². The molecule has 0 radical (unpaired) electrons. The van der Waals surface area contributed by atoms with Crippen LogP contribution in [0.15, 0.2) is 16.8 Å². The van der Waals surface area contributed by atoms with Gasteiger partial charge in [0.1, 0.15) is 6.04 Å². The van der Waals surface area contributed by atoms with Crippen LogP contribution in [0.5, 0.6) is 0 Å². The van der Waals surface area contributed by atoms with Gasteiger partial charge in [-0.2, -0.15) is 20.1 Å². The van der Waals surface area contributed by atoms with Crippen molar-refractivity contribution >= 4 is 17.3 Å². The molecule has 1 heterocycles. The second-order valence-electron chi connectivity index (χ2n) is 2.46. The molecule has 0 amide bonds. The zero-order chi connectivity index (χ0) is 10.1. The van der Waals surface area contributed by atoms with Gasteiger partial charge >= 0.3 is 11.9 Å². The summed E-state index contributed by atoms with van der Waals surface area (Å²) in [6, 6.07) is -0.400. The highest BCUT2D eigenvalue weighted by Crippen LogP contribution is 2.30. The molecule has 1 rings (SSSR count). The Hall–Kier alpha value is -1.01. The van der Waals surface area contributed by atoms with Crippen LogP contribution >= 0.6 is 11.3 Å². The van der Waals surface area contributed by atoms with Gasteiger partial charge in [0.05, 0.1) is 0 Å². The van der Waals surface area contributed by atoms with E-state index in [9.17, 15) is 13.6 Å². The van der Waals surface area contributed by atoms with Crippen molar-refractivity contribution < 1.29 is 18.7 Å². The van der Waals surface area contributed by atoms with Crippen molar-refractivity contribution in [3.63, 3.8) is 0 Å². The zero-order valence-corrected chi connectivity index (χ0v) is 7.22. The molecule has 3 N–H and O–H groups in total. The number of halogens is 2. The molecule has 0 saturated heterocycles. The number of carboxylic acids is 1. The number of nitrogens with two attached hydrogens (primary N) is 1. The Bertz CT molecular complexity index is 299. The highest BCUT2D eigenvalue weighted by Gasteiger charge is 2.46. The molecular formula is C7H7F2NO2S. The third-order valence-corrected chi connectivity index (χ3v) is 2.28. The number of carboxylic acid groups (broad SMARTS) is 1. The topological polar surface area (TPSA) is 63.3 Å². The van der Waals surface area contributed by atoms with E-state index in [0.717, 1.165) is 0 Å². The van der Waals surface area contributed by atoms with Crippen molar-refractivity contribution in [1.82, 2.24) is 0 Å². The first kappa shape index (κ1) is 10.1. The molecule has 3 nitrogen and oxygen atoms in total. The number of thiophene rings is 1. The molecular weight excluding hydrogens is 200 g/mol. The number of alkyl halides is 2. The molecule has 0 fully saturated rings. The number of aliphatic carboxylic acids is 1. The lowest BCUT2D eigenvalue weighted by molar-refractivity contribution is -0.168. The fourth-order valence-corrected chi connectivity index (χ4v) is 1.49. The molecule has 0 aliphatic heterocycles. The average molecular weight is 207 g/mol. The Morgan fingerprint density at radius 3 is 2.69 bits per heavy atom. The fraction of sp³-hybridized carbons (Fsp3) is 0.286. The lowest BCUT2D eigenvalue weighted by Crippen LogP contribution is -2.40. The molecule has 0 spiro atoms. The highest BCUT2D eigenvalue weighted by molar-refractivity contribution is 7.07. The second-order valence-corrected chi connectivity index (χ2v) is 3.24. The van der Waals surface area contributed by atoms with Crippen molar-refractivity contribution in [1.29, 1.82) is 0 Å². The summed E-state index contributed by atoms with van der Waals surface area (Å²) in [5.41, 5.74) is 5.23. The Balaban J connectivity index is 2.90. The molecule has 0 aliphatic carbocycles. The van der Waals surface area contributed by atoms with Gasteiger partial charge < -0.3 is 10.8 Å². The summed E-state index contributed by atoms with van der Waals surface area (Å²) in [6.07, 6.45) is 0. The van der Waals surface area contributed by atoms with E-state index in [-0.39, 0.29) is 5.56 Å². The SMILES string of the molecule is NC(c1ccsc1)C(F)(F)C(=O)O. The van der Waals surface area contributed by atoms with Crippen LogP contribution in [0.3, 0.4) is 0 Å². The molecule has 0 aromatic carbocycles. The molecule has 1 unspecified atom stereocenters. The predicted molar refractivity (Wildman–Crippen MR) is 43.8 cm³/mol. The van der Waals surface area contributed by atoms with Gasteiger partial charge in [-0.15, -0.1) is 0 Å². The van der Waals surface area contributed by atoms with Crippen LogP contribution in [0, 0.1) is 0 Å². The summed E-state index contributed by atoms with van der Waals surface area (Å²) in [5, 5.41) is 11.2. The van der Waals surface area contributed by atoms with E-state index in [1.54, 1.807) is 5.38 Å². The lowest BCUT2D eigenvalue weighted by Gasteiger charge is -2.17. The maximum Gasteiger partial charge on any atom is 0.376 e. The first-order chi connectivity index (χ1) is 5.96. The Morgan fingerprint density at radius 1 is 1.69 bits per heavy atom. The van der Waals surface area contributed by atoms with Gasteiger partial charge in [-0.25, -0.2) is 4.79 Å². The molecule has 1 aromatic heterocycles. The number of rotatable bonds is 3. The maximum absolute atomic E-state index is 12.8. The Kier molecular flexibility index (Phi) is 2.63. The highest BCUT2D eigenvalue weighted by atomic mass is 32.1. The molecule has 1 atom stereocenters. The minimum absolute atomic E-state index is 0.136. The van der Waals surface area contributed by atoms with Gasteiger partial charge in [-0.3, -0.25) is 0 Å². The predicted octanol–water partition coefficient (Wildman–Crippen LogP) is 1.47. The van der Waals surface area contributed by atoms with E-state index in [0.29, 0.717) is 0 Å².